The maximum atomic E-state index is 10.7. The summed E-state index contributed by atoms with van der Waals surface area (Å²) in [6.45, 7) is 3.67. The predicted octanol–water partition coefficient (Wildman–Crippen LogP) is 2.24. The molecule has 0 spiro atoms. The maximum absolute atomic E-state index is 10.7. The van der Waals surface area contributed by atoms with Crippen LogP contribution in [0.2, 0.25) is 0 Å². The van der Waals surface area contributed by atoms with E-state index < -0.39 is 0 Å². The fraction of sp³-hybridized carbons (Fsp3) is 0.500. The van der Waals surface area contributed by atoms with Crippen molar-refractivity contribution in [2.45, 2.75) is 19.3 Å². The Morgan fingerprint density at radius 1 is 1.69 bits per heavy atom. The van der Waals surface area contributed by atoms with Crippen LogP contribution in [0.5, 0.6) is 0 Å². The Bertz CT molecular complexity index is 317. The first-order chi connectivity index (χ1) is 6.33. The molecule has 1 atom stereocenters. The second-order valence-corrected chi connectivity index (χ2v) is 4.29. The van der Waals surface area contributed by atoms with E-state index in [1.165, 1.54) is 11.1 Å². The molecule has 0 aliphatic carbocycles. The summed E-state index contributed by atoms with van der Waals surface area (Å²) in [6, 6.07) is 0. The molecule has 0 fully saturated rings. The van der Waals surface area contributed by atoms with Crippen LogP contribution in [0.1, 0.15) is 33.6 Å². The first kappa shape index (κ1) is 8.91. The fourth-order valence-electron chi connectivity index (χ4n) is 1.72. The zero-order valence-electron chi connectivity index (χ0n) is 7.58. The number of aldehydes is 1. The van der Waals surface area contributed by atoms with Crippen molar-refractivity contribution in [3.63, 3.8) is 0 Å². The van der Waals surface area contributed by atoms with E-state index in [0.717, 1.165) is 30.8 Å². The summed E-state index contributed by atoms with van der Waals surface area (Å²) in [5, 5.41) is 2.10. The maximum Gasteiger partial charge on any atom is 0.160 e. The minimum Gasteiger partial charge on any atom is -0.380 e. The molecule has 2 heterocycles. The molecule has 70 valence electrons. The van der Waals surface area contributed by atoms with Gasteiger partial charge >= 0.3 is 0 Å². The average Bonchev–Trinajstić information content (AvgIpc) is 2.47. The molecule has 0 saturated heterocycles. The van der Waals surface area contributed by atoms with Crippen molar-refractivity contribution in [3.8, 4) is 0 Å². The molecule has 0 saturated carbocycles. The summed E-state index contributed by atoms with van der Waals surface area (Å²) in [6.07, 6.45) is 1.85. The zero-order valence-corrected chi connectivity index (χ0v) is 8.39. The van der Waals surface area contributed by atoms with E-state index in [2.05, 4.69) is 12.3 Å². The molecule has 2 nitrogen and oxygen atoms in total. The molecule has 1 aromatic rings. The van der Waals surface area contributed by atoms with E-state index in [1.54, 1.807) is 11.3 Å². The van der Waals surface area contributed by atoms with Crippen LogP contribution < -0.4 is 0 Å². The van der Waals surface area contributed by atoms with Gasteiger partial charge in [-0.3, -0.25) is 4.79 Å². The molecular formula is C10H12O2S. The lowest BCUT2D eigenvalue weighted by molar-refractivity contribution is 0.112. The molecule has 1 aromatic heterocycles. The third-order valence-corrected chi connectivity index (χ3v) is 3.43. The third kappa shape index (κ3) is 1.54. The van der Waals surface area contributed by atoms with Gasteiger partial charge < -0.3 is 4.74 Å². The summed E-state index contributed by atoms with van der Waals surface area (Å²) in [5.41, 5.74) is 2.52. The van der Waals surface area contributed by atoms with Crippen molar-refractivity contribution in [3.05, 3.63) is 21.4 Å². The summed E-state index contributed by atoms with van der Waals surface area (Å²) >= 11 is 1.55. The summed E-state index contributed by atoms with van der Waals surface area (Å²) in [5.74, 6) is 0.433. The third-order valence-electron chi connectivity index (χ3n) is 2.46. The Kier molecular flexibility index (Phi) is 2.47. The van der Waals surface area contributed by atoms with Crippen LogP contribution in [-0.4, -0.2) is 19.5 Å². The molecule has 3 heteroatoms. The van der Waals surface area contributed by atoms with Crippen molar-refractivity contribution >= 4 is 17.6 Å². The molecule has 0 aromatic carbocycles. The number of rotatable bonds is 1. The van der Waals surface area contributed by atoms with Crippen molar-refractivity contribution in [2.24, 2.45) is 0 Å². The van der Waals surface area contributed by atoms with E-state index in [1.807, 2.05) is 0 Å². The first-order valence-electron chi connectivity index (χ1n) is 4.46. The summed E-state index contributed by atoms with van der Waals surface area (Å²) < 4.78 is 5.44. The van der Waals surface area contributed by atoms with Gasteiger partial charge in [0.15, 0.2) is 6.29 Å². The van der Waals surface area contributed by atoms with Gasteiger partial charge in [-0.1, -0.05) is 6.92 Å². The topological polar surface area (TPSA) is 26.3 Å². The molecule has 13 heavy (non-hydrogen) atoms. The Hall–Kier alpha value is -0.670. The van der Waals surface area contributed by atoms with Crippen molar-refractivity contribution in [1.29, 1.82) is 0 Å². The van der Waals surface area contributed by atoms with Crippen LogP contribution in [0, 0.1) is 0 Å². The number of carbonyl (C=O) groups excluding carboxylic acids is 1. The van der Waals surface area contributed by atoms with Gasteiger partial charge in [-0.25, -0.2) is 0 Å². The van der Waals surface area contributed by atoms with E-state index >= 15 is 0 Å². The number of ether oxygens (including phenoxy) is 1. The number of fused-ring (bicyclic) bond motifs is 1. The summed E-state index contributed by atoms with van der Waals surface area (Å²) in [7, 11) is 0. The van der Waals surface area contributed by atoms with Gasteiger partial charge in [0.05, 0.1) is 18.1 Å². The van der Waals surface area contributed by atoms with Crippen LogP contribution in [0.25, 0.3) is 0 Å². The SMILES string of the molecule is CC1COCCc2c1csc2C=O. The van der Waals surface area contributed by atoms with Crippen molar-refractivity contribution < 1.29 is 9.53 Å². The summed E-state index contributed by atoms with van der Waals surface area (Å²) in [4.78, 5) is 11.6. The molecule has 0 N–H and O–H groups in total. The van der Waals surface area contributed by atoms with Gasteiger partial charge in [0, 0.05) is 5.92 Å². The minimum atomic E-state index is 0.433. The van der Waals surface area contributed by atoms with E-state index in [0.29, 0.717) is 5.92 Å². The van der Waals surface area contributed by atoms with Gasteiger partial charge in [-0.05, 0) is 22.9 Å². The van der Waals surface area contributed by atoms with Crippen LogP contribution in [-0.2, 0) is 11.2 Å². The Morgan fingerprint density at radius 2 is 2.54 bits per heavy atom. The van der Waals surface area contributed by atoms with Crippen molar-refractivity contribution in [1.82, 2.24) is 0 Å². The van der Waals surface area contributed by atoms with E-state index in [-0.39, 0.29) is 0 Å². The number of hydrogen-bond acceptors (Lipinski definition) is 3. The number of carbonyl (C=O) groups is 1. The molecule has 1 unspecified atom stereocenters. The first-order valence-corrected chi connectivity index (χ1v) is 5.34. The standard InChI is InChI=1S/C10H12O2S/c1-7-5-12-3-2-8-9(7)6-13-10(8)4-11/h4,6-7H,2-3,5H2,1H3. The van der Waals surface area contributed by atoms with E-state index in [4.69, 9.17) is 4.74 Å². The second-order valence-electron chi connectivity index (χ2n) is 3.38. The normalized spacial score (nSPS) is 22.1. The largest absolute Gasteiger partial charge is 0.380 e. The smallest absolute Gasteiger partial charge is 0.160 e. The van der Waals surface area contributed by atoms with Crippen molar-refractivity contribution in [2.75, 3.05) is 13.2 Å². The number of thiophene rings is 1. The van der Waals surface area contributed by atoms with E-state index in [9.17, 15) is 4.79 Å². The predicted molar refractivity (Wildman–Crippen MR) is 52.6 cm³/mol. The lowest BCUT2D eigenvalue weighted by atomic mass is 9.99. The average molecular weight is 196 g/mol. The highest BCUT2D eigenvalue weighted by Gasteiger charge is 2.19. The Labute approximate surface area is 81.5 Å². The lowest BCUT2D eigenvalue weighted by Crippen LogP contribution is -2.00. The fourth-order valence-corrected chi connectivity index (χ4v) is 2.76. The molecule has 2 rings (SSSR count). The Balaban J connectivity index is 2.43. The van der Waals surface area contributed by atoms with Gasteiger partial charge in [0.25, 0.3) is 0 Å². The highest BCUT2D eigenvalue weighted by molar-refractivity contribution is 7.12. The monoisotopic (exact) mass is 196 g/mol. The van der Waals surface area contributed by atoms with Gasteiger partial charge in [0.1, 0.15) is 0 Å². The molecule has 0 amide bonds. The molecule has 1 aliphatic rings. The van der Waals surface area contributed by atoms with Gasteiger partial charge in [-0.15, -0.1) is 11.3 Å². The van der Waals surface area contributed by atoms with Crippen LogP contribution in [0.4, 0.5) is 0 Å². The minimum absolute atomic E-state index is 0.433. The van der Waals surface area contributed by atoms with Gasteiger partial charge in [-0.2, -0.15) is 0 Å². The zero-order chi connectivity index (χ0) is 9.26. The number of hydrogen-bond donors (Lipinski definition) is 0. The molecular weight excluding hydrogens is 184 g/mol. The van der Waals surface area contributed by atoms with Crippen LogP contribution in [0.3, 0.4) is 0 Å². The lowest BCUT2D eigenvalue weighted by Gasteiger charge is -2.06. The van der Waals surface area contributed by atoms with Gasteiger partial charge in [0.2, 0.25) is 0 Å². The highest BCUT2D eigenvalue weighted by Crippen LogP contribution is 2.30. The second kappa shape index (κ2) is 3.60. The quantitative estimate of drug-likeness (QED) is 0.644. The Morgan fingerprint density at radius 3 is 3.31 bits per heavy atom. The van der Waals surface area contributed by atoms with Crippen LogP contribution >= 0.6 is 11.3 Å². The molecule has 1 aliphatic heterocycles. The molecule has 0 bridgehead atoms. The van der Waals surface area contributed by atoms with Crippen LogP contribution in [0.15, 0.2) is 5.38 Å². The molecule has 0 radical (unpaired) electrons. The highest BCUT2D eigenvalue weighted by atomic mass is 32.1.